The highest BCUT2D eigenvalue weighted by molar-refractivity contribution is 6.43. The van der Waals surface area contributed by atoms with E-state index in [1.54, 1.807) is 6.07 Å². The van der Waals surface area contributed by atoms with E-state index >= 15 is 0 Å². The van der Waals surface area contributed by atoms with Crippen LogP contribution in [-0.2, 0) is 6.42 Å². The average molecular weight is 311 g/mol. The molecule has 1 aromatic heterocycles. The van der Waals surface area contributed by atoms with E-state index in [0.717, 1.165) is 35.1 Å². The van der Waals surface area contributed by atoms with Gasteiger partial charge in [-0.25, -0.2) is 9.97 Å². The number of rotatable bonds is 4. The Morgan fingerprint density at radius 1 is 1.15 bits per heavy atom. The molecular formula is C14H16Cl2N4. The third kappa shape index (κ3) is 2.97. The fourth-order valence-electron chi connectivity index (χ4n) is 1.81. The predicted octanol–water partition coefficient (Wildman–Crippen LogP) is 4.44. The van der Waals surface area contributed by atoms with Crippen molar-refractivity contribution < 1.29 is 0 Å². The van der Waals surface area contributed by atoms with Gasteiger partial charge in [0.05, 0.1) is 15.7 Å². The SMILES string of the molecule is CCc1nc(NC)c(C)c(Nc2cccc(Cl)c2Cl)n1. The van der Waals surface area contributed by atoms with Gasteiger partial charge in [0.2, 0.25) is 0 Å². The summed E-state index contributed by atoms with van der Waals surface area (Å²) in [5.74, 6) is 2.29. The Kier molecular flexibility index (Phi) is 4.68. The lowest BCUT2D eigenvalue weighted by molar-refractivity contribution is 0.935. The molecule has 0 aliphatic carbocycles. The lowest BCUT2D eigenvalue weighted by Gasteiger charge is -2.14. The zero-order valence-electron chi connectivity index (χ0n) is 11.6. The van der Waals surface area contributed by atoms with Gasteiger partial charge in [0, 0.05) is 19.0 Å². The molecule has 2 aromatic rings. The molecule has 1 heterocycles. The molecule has 0 amide bonds. The van der Waals surface area contributed by atoms with Gasteiger partial charge < -0.3 is 10.6 Å². The number of aromatic nitrogens is 2. The largest absolute Gasteiger partial charge is 0.373 e. The summed E-state index contributed by atoms with van der Waals surface area (Å²) in [6.45, 7) is 3.96. The van der Waals surface area contributed by atoms with E-state index in [4.69, 9.17) is 23.2 Å². The van der Waals surface area contributed by atoms with Gasteiger partial charge >= 0.3 is 0 Å². The maximum absolute atomic E-state index is 6.19. The first kappa shape index (κ1) is 14.9. The van der Waals surface area contributed by atoms with Gasteiger partial charge in [0.1, 0.15) is 17.5 Å². The summed E-state index contributed by atoms with van der Waals surface area (Å²) in [6.07, 6.45) is 0.757. The molecule has 1 aromatic carbocycles. The van der Waals surface area contributed by atoms with E-state index < -0.39 is 0 Å². The number of nitrogens with one attached hydrogen (secondary N) is 2. The van der Waals surface area contributed by atoms with Gasteiger partial charge in [-0.15, -0.1) is 0 Å². The number of halogens is 2. The summed E-state index contributed by atoms with van der Waals surface area (Å²) in [5, 5.41) is 7.29. The van der Waals surface area contributed by atoms with Gasteiger partial charge in [-0.3, -0.25) is 0 Å². The fraction of sp³-hybridized carbons (Fsp3) is 0.286. The first-order chi connectivity index (χ1) is 9.56. The number of nitrogens with zero attached hydrogens (tertiary/aromatic N) is 2. The van der Waals surface area contributed by atoms with E-state index in [9.17, 15) is 0 Å². The van der Waals surface area contributed by atoms with Crippen LogP contribution in [0.25, 0.3) is 0 Å². The molecule has 0 fully saturated rings. The average Bonchev–Trinajstić information content (AvgIpc) is 2.45. The molecule has 106 valence electrons. The second-order valence-corrected chi connectivity index (χ2v) is 5.08. The van der Waals surface area contributed by atoms with Crippen molar-refractivity contribution >= 4 is 40.5 Å². The Morgan fingerprint density at radius 2 is 1.85 bits per heavy atom. The minimum atomic E-state index is 0.483. The van der Waals surface area contributed by atoms with Crippen LogP contribution < -0.4 is 10.6 Å². The molecule has 2 rings (SSSR count). The number of anilines is 3. The summed E-state index contributed by atoms with van der Waals surface area (Å²) in [5.41, 5.74) is 1.66. The van der Waals surface area contributed by atoms with Crippen LogP contribution in [0, 0.1) is 6.92 Å². The molecule has 0 aliphatic rings. The van der Waals surface area contributed by atoms with Crippen LogP contribution in [0.1, 0.15) is 18.3 Å². The standard InChI is InChI=1S/C14H16Cl2N4/c1-4-11-19-13(17-3)8(2)14(20-11)18-10-7-5-6-9(15)12(10)16/h5-7H,4H2,1-3H3,(H2,17,18,19,20). The highest BCUT2D eigenvalue weighted by atomic mass is 35.5. The minimum Gasteiger partial charge on any atom is -0.373 e. The molecule has 0 saturated heterocycles. The smallest absolute Gasteiger partial charge is 0.139 e. The maximum atomic E-state index is 6.19. The van der Waals surface area contributed by atoms with Gasteiger partial charge in [-0.2, -0.15) is 0 Å². The van der Waals surface area contributed by atoms with Crippen molar-refractivity contribution in [3.8, 4) is 0 Å². The van der Waals surface area contributed by atoms with E-state index in [0.29, 0.717) is 10.0 Å². The van der Waals surface area contributed by atoms with Crippen LogP contribution in [0.5, 0.6) is 0 Å². The third-order valence-electron chi connectivity index (χ3n) is 2.95. The summed E-state index contributed by atoms with van der Waals surface area (Å²) in [4.78, 5) is 8.93. The first-order valence-electron chi connectivity index (χ1n) is 6.33. The molecule has 0 bridgehead atoms. The van der Waals surface area contributed by atoms with E-state index in [1.165, 1.54) is 0 Å². The summed E-state index contributed by atoms with van der Waals surface area (Å²) in [7, 11) is 1.84. The lowest BCUT2D eigenvalue weighted by atomic mass is 10.2. The molecule has 6 heteroatoms. The quantitative estimate of drug-likeness (QED) is 0.876. The zero-order valence-corrected chi connectivity index (χ0v) is 13.1. The summed E-state index contributed by atoms with van der Waals surface area (Å²) < 4.78 is 0. The summed E-state index contributed by atoms with van der Waals surface area (Å²) >= 11 is 12.2. The van der Waals surface area contributed by atoms with E-state index in [2.05, 4.69) is 20.6 Å². The minimum absolute atomic E-state index is 0.483. The van der Waals surface area contributed by atoms with Crippen molar-refractivity contribution in [1.82, 2.24) is 9.97 Å². The molecule has 2 N–H and O–H groups in total. The fourth-order valence-corrected chi connectivity index (χ4v) is 2.16. The molecule has 0 saturated carbocycles. The molecule has 0 radical (unpaired) electrons. The predicted molar refractivity (Wildman–Crippen MR) is 85.4 cm³/mol. The molecule has 20 heavy (non-hydrogen) atoms. The van der Waals surface area contributed by atoms with Gasteiger partial charge in [-0.1, -0.05) is 36.2 Å². The first-order valence-corrected chi connectivity index (χ1v) is 7.08. The number of aryl methyl sites for hydroxylation is 1. The van der Waals surface area contributed by atoms with E-state index in [1.807, 2.05) is 33.0 Å². The molecule has 4 nitrogen and oxygen atoms in total. The van der Waals surface area contributed by atoms with Crippen molar-refractivity contribution in [2.45, 2.75) is 20.3 Å². The van der Waals surface area contributed by atoms with Gasteiger partial charge in [0.25, 0.3) is 0 Å². The second kappa shape index (κ2) is 6.29. The van der Waals surface area contributed by atoms with Crippen molar-refractivity contribution in [1.29, 1.82) is 0 Å². The molecule has 0 atom stereocenters. The summed E-state index contributed by atoms with van der Waals surface area (Å²) in [6, 6.07) is 5.45. The molecule has 0 spiro atoms. The Balaban J connectivity index is 2.45. The third-order valence-corrected chi connectivity index (χ3v) is 3.77. The second-order valence-electron chi connectivity index (χ2n) is 4.29. The Hall–Kier alpha value is -1.52. The number of hydrogen-bond acceptors (Lipinski definition) is 4. The van der Waals surface area contributed by atoms with Crippen molar-refractivity contribution in [2.24, 2.45) is 0 Å². The normalized spacial score (nSPS) is 10.4. The van der Waals surface area contributed by atoms with Gasteiger partial charge in [0.15, 0.2) is 0 Å². The number of hydrogen-bond donors (Lipinski definition) is 2. The topological polar surface area (TPSA) is 49.8 Å². The van der Waals surface area contributed by atoms with Crippen LogP contribution in [-0.4, -0.2) is 17.0 Å². The maximum Gasteiger partial charge on any atom is 0.139 e. The number of benzene rings is 1. The highest BCUT2D eigenvalue weighted by Crippen LogP contribution is 2.32. The molecule has 0 unspecified atom stereocenters. The van der Waals surface area contributed by atoms with Crippen LogP contribution in [0.4, 0.5) is 17.3 Å². The highest BCUT2D eigenvalue weighted by Gasteiger charge is 2.11. The van der Waals surface area contributed by atoms with Crippen LogP contribution >= 0.6 is 23.2 Å². The Morgan fingerprint density at radius 3 is 2.50 bits per heavy atom. The van der Waals surface area contributed by atoms with Crippen LogP contribution in [0.2, 0.25) is 10.0 Å². The van der Waals surface area contributed by atoms with Crippen LogP contribution in [0.15, 0.2) is 18.2 Å². The zero-order chi connectivity index (χ0) is 14.7. The van der Waals surface area contributed by atoms with Gasteiger partial charge in [-0.05, 0) is 19.1 Å². The lowest BCUT2D eigenvalue weighted by Crippen LogP contribution is -2.07. The van der Waals surface area contributed by atoms with Crippen molar-refractivity contribution in [3.05, 3.63) is 39.6 Å². The van der Waals surface area contributed by atoms with Crippen molar-refractivity contribution in [3.63, 3.8) is 0 Å². The van der Waals surface area contributed by atoms with Crippen molar-refractivity contribution in [2.75, 3.05) is 17.7 Å². The molecule has 0 aliphatic heterocycles. The molecular weight excluding hydrogens is 295 g/mol. The Bertz CT molecular complexity index is 629. The van der Waals surface area contributed by atoms with E-state index in [-0.39, 0.29) is 0 Å². The van der Waals surface area contributed by atoms with Crippen LogP contribution in [0.3, 0.4) is 0 Å². The Labute approximate surface area is 128 Å². The monoisotopic (exact) mass is 310 g/mol.